The highest BCUT2D eigenvalue weighted by Crippen LogP contribution is 2.22. The molecule has 1 aromatic carbocycles. The molecule has 0 aliphatic carbocycles. The molecule has 6 heteroatoms. The number of hydrogen-bond acceptors (Lipinski definition) is 3. The van der Waals surface area contributed by atoms with E-state index in [0.29, 0.717) is 17.3 Å². The van der Waals surface area contributed by atoms with Gasteiger partial charge in [-0.2, -0.15) is 0 Å². The first kappa shape index (κ1) is 16.8. The Kier molecular flexibility index (Phi) is 6.21. The fraction of sp³-hybridized carbons (Fsp3) is 0.500. The molecule has 22 heavy (non-hydrogen) atoms. The van der Waals surface area contributed by atoms with Crippen molar-refractivity contribution in [2.75, 3.05) is 25.0 Å². The largest absolute Gasteiger partial charge is 0.355 e. The van der Waals surface area contributed by atoms with Crippen molar-refractivity contribution in [2.45, 2.75) is 26.2 Å². The number of benzene rings is 1. The van der Waals surface area contributed by atoms with Gasteiger partial charge in [0, 0.05) is 29.6 Å². The average Bonchev–Trinajstić information content (AvgIpc) is 2.52. The van der Waals surface area contributed by atoms with Gasteiger partial charge < -0.3 is 16.0 Å². The molecule has 0 radical (unpaired) electrons. The number of anilines is 1. The summed E-state index contributed by atoms with van der Waals surface area (Å²) in [5, 5.41) is 9.51. The first-order valence-corrected chi connectivity index (χ1v) is 7.99. The van der Waals surface area contributed by atoms with Gasteiger partial charge in [0.2, 0.25) is 11.8 Å². The van der Waals surface area contributed by atoms with Gasteiger partial charge in [0.1, 0.15) is 0 Å². The molecule has 0 bridgehead atoms. The third kappa shape index (κ3) is 4.71. The second-order valence-electron chi connectivity index (χ2n) is 5.53. The van der Waals surface area contributed by atoms with Crippen LogP contribution in [0.15, 0.2) is 18.2 Å². The van der Waals surface area contributed by atoms with Crippen LogP contribution in [0, 0.1) is 12.8 Å². The molecule has 1 saturated heterocycles. The number of amides is 2. The summed E-state index contributed by atoms with van der Waals surface area (Å²) in [5.74, 6) is -0.0105. The summed E-state index contributed by atoms with van der Waals surface area (Å²) >= 11 is 6.02. The summed E-state index contributed by atoms with van der Waals surface area (Å²) in [7, 11) is 0. The molecule has 0 aromatic heterocycles. The van der Waals surface area contributed by atoms with Crippen molar-refractivity contribution < 1.29 is 9.59 Å². The zero-order chi connectivity index (χ0) is 15.9. The number of halogens is 1. The fourth-order valence-electron chi connectivity index (χ4n) is 2.48. The predicted molar refractivity (Wildman–Crippen MR) is 88.0 cm³/mol. The molecule has 120 valence electrons. The Labute approximate surface area is 135 Å². The lowest BCUT2D eigenvalue weighted by Gasteiger charge is -2.21. The lowest BCUT2D eigenvalue weighted by atomic mass is 9.97. The molecule has 3 N–H and O–H groups in total. The number of carbonyl (C=O) groups is 2. The molecular formula is C16H22ClN3O2. The smallest absolute Gasteiger partial charge is 0.226 e. The number of rotatable bonds is 5. The lowest BCUT2D eigenvalue weighted by molar-refractivity contribution is -0.125. The van der Waals surface area contributed by atoms with Gasteiger partial charge in [0.05, 0.1) is 0 Å². The maximum Gasteiger partial charge on any atom is 0.226 e. The molecule has 1 aromatic rings. The Hall–Kier alpha value is -1.59. The molecule has 5 nitrogen and oxygen atoms in total. The monoisotopic (exact) mass is 323 g/mol. The van der Waals surface area contributed by atoms with Gasteiger partial charge in [-0.1, -0.05) is 17.7 Å². The number of hydrogen-bond donors (Lipinski definition) is 3. The van der Waals surface area contributed by atoms with Gasteiger partial charge in [-0.25, -0.2) is 0 Å². The molecule has 1 aliphatic rings. The minimum absolute atomic E-state index is 0.0493. The quantitative estimate of drug-likeness (QED) is 0.777. The summed E-state index contributed by atoms with van der Waals surface area (Å²) in [5.41, 5.74) is 1.55. The van der Waals surface area contributed by atoms with E-state index >= 15 is 0 Å². The van der Waals surface area contributed by atoms with Crippen molar-refractivity contribution >= 4 is 29.1 Å². The first-order chi connectivity index (χ1) is 10.6. The zero-order valence-corrected chi connectivity index (χ0v) is 13.5. The van der Waals surface area contributed by atoms with E-state index < -0.39 is 0 Å². The maximum atomic E-state index is 11.9. The van der Waals surface area contributed by atoms with Crippen LogP contribution in [0.5, 0.6) is 0 Å². The van der Waals surface area contributed by atoms with Gasteiger partial charge in [-0.15, -0.1) is 0 Å². The highest BCUT2D eigenvalue weighted by Gasteiger charge is 2.20. The molecule has 1 heterocycles. The van der Waals surface area contributed by atoms with Crippen LogP contribution in [0.3, 0.4) is 0 Å². The number of carbonyl (C=O) groups excluding carboxylic acids is 2. The Morgan fingerprint density at radius 1 is 1.32 bits per heavy atom. The van der Waals surface area contributed by atoms with Crippen molar-refractivity contribution in [3.05, 3.63) is 28.8 Å². The van der Waals surface area contributed by atoms with Crippen molar-refractivity contribution in [1.29, 1.82) is 0 Å². The molecule has 0 atom stereocenters. The molecule has 0 spiro atoms. The molecule has 1 aliphatic heterocycles. The van der Waals surface area contributed by atoms with Crippen LogP contribution >= 0.6 is 11.6 Å². The molecule has 2 rings (SSSR count). The van der Waals surface area contributed by atoms with Crippen LogP contribution in [0.4, 0.5) is 5.69 Å². The number of nitrogens with one attached hydrogen (secondary N) is 3. The minimum atomic E-state index is -0.129. The molecule has 0 saturated carbocycles. The maximum absolute atomic E-state index is 11.9. The van der Waals surface area contributed by atoms with Crippen LogP contribution in [-0.4, -0.2) is 31.4 Å². The van der Waals surface area contributed by atoms with Crippen molar-refractivity contribution in [3.8, 4) is 0 Å². The van der Waals surface area contributed by atoms with E-state index in [-0.39, 0.29) is 24.2 Å². The van der Waals surface area contributed by atoms with E-state index in [4.69, 9.17) is 11.6 Å². The molecule has 0 unspecified atom stereocenters. The fourth-order valence-corrected chi connectivity index (χ4v) is 2.66. The Morgan fingerprint density at radius 3 is 2.77 bits per heavy atom. The van der Waals surface area contributed by atoms with Crippen LogP contribution in [0.1, 0.15) is 24.8 Å². The summed E-state index contributed by atoms with van der Waals surface area (Å²) in [4.78, 5) is 23.9. The van der Waals surface area contributed by atoms with Gasteiger partial charge in [0.15, 0.2) is 0 Å². The van der Waals surface area contributed by atoms with E-state index in [1.165, 1.54) is 0 Å². The van der Waals surface area contributed by atoms with E-state index in [1.807, 2.05) is 13.0 Å². The normalized spacial score (nSPS) is 15.4. The van der Waals surface area contributed by atoms with Crippen LogP contribution in [0.2, 0.25) is 5.02 Å². The van der Waals surface area contributed by atoms with Crippen molar-refractivity contribution in [1.82, 2.24) is 10.6 Å². The third-order valence-corrected chi connectivity index (χ3v) is 4.31. The molecular weight excluding hydrogens is 302 g/mol. The standard InChI is InChI=1S/C16H22ClN3O2/c1-11-13(17)3-2-4-14(11)20-15(21)7-10-19-16(22)12-5-8-18-9-6-12/h2-4,12,18H,5-10H2,1H3,(H,19,22)(H,20,21). The van der Waals surface area contributed by atoms with E-state index in [0.717, 1.165) is 31.5 Å². The highest BCUT2D eigenvalue weighted by atomic mass is 35.5. The number of piperidine rings is 1. The zero-order valence-electron chi connectivity index (χ0n) is 12.7. The summed E-state index contributed by atoms with van der Waals surface area (Å²) < 4.78 is 0. The van der Waals surface area contributed by atoms with Crippen molar-refractivity contribution in [3.63, 3.8) is 0 Å². The van der Waals surface area contributed by atoms with Gasteiger partial charge in [-0.05, 0) is 50.6 Å². The summed E-state index contributed by atoms with van der Waals surface area (Å²) in [6.07, 6.45) is 1.97. The van der Waals surface area contributed by atoms with Crippen LogP contribution < -0.4 is 16.0 Å². The summed E-state index contributed by atoms with van der Waals surface area (Å²) in [6, 6.07) is 5.39. The molecule has 1 fully saturated rings. The van der Waals surface area contributed by atoms with Crippen LogP contribution in [-0.2, 0) is 9.59 Å². The predicted octanol–water partition coefficient (Wildman–Crippen LogP) is 2.09. The van der Waals surface area contributed by atoms with Gasteiger partial charge in [0.25, 0.3) is 0 Å². The SMILES string of the molecule is Cc1c(Cl)cccc1NC(=O)CCNC(=O)C1CCNCC1. The molecule has 2 amide bonds. The van der Waals surface area contributed by atoms with E-state index in [1.54, 1.807) is 12.1 Å². The average molecular weight is 324 g/mol. The van der Waals surface area contributed by atoms with E-state index in [2.05, 4.69) is 16.0 Å². The first-order valence-electron chi connectivity index (χ1n) is 7.61. The second kappa shape index (κ2) is 8.15. The van der Waals surface area contributed by atoms with Crippen LogP contribution in [0.25, 0.3) is 0 Å². The highest BCUT2D eigenvalue weighted by molar-refractivity contribution is 6.31. The summed E-state index contributed by atoms with van der Waals surface area (Å²) in [6.45, 7) is 3.98. The van der Waals surface area contributed by atoms with E-state index in [9.17, 15) is 9.59 Å². The van der Waals surface area contributed by atoms with Gasteiger partial charge >= 0.3 is 0 Å². The third-order valence-electron chi connectivity index (χ3n) is 3.90. The lowest BCUT2D eigenvalue weighted by Crippen LogP contribution is -2.39. The second-order valence-corrected chi connectivity index (χ2v) is 5.93. The van der Waals surface area contributed by atoms with Crippen molar-refractivity contribution in [2.24, 2.45) is 5.92 Å². The minimum Gasteiger partial charge on any atom is -0.355 e. The Bertz CT molecular complexity index is 542. The Morgan fingerprint density at radius 2 is 2.05 bits per heavy atom. The van der Waals surface area contributed by atoms with Gasteiger partial charge in [-0.3, -0.25) is 9.59 Å². The topological polar surface area (TPSA) is 70.2 Å². The Balaban J connectivity index is 1.73.